The quantitative estimate of drug-likeness (QED) is 0.344. The summed E-state index contributed by atoms with van der Waals surface area (Å²) in [6.07, 6.45) is 3.08. The number of aliphatic hydroxyl groups excluding tert-OH is 1. The minimum Gasteiger partial charge on any atom is -0.396 e. The lowest BCUT2D eigenvalue weighted by atomic mass is 9.99. The lowest BCUT2D eigenvalue weighted by Crippen LogP contribution is -2.32. The molecule has 0 saturated carbocycles. The number of aliphatic hydroxyl groups is 1. The minimum atomic E-state index is 0.125. The first kappa shape index (κ1) is 31.0. The van der Waals surface area contributed by atoms with Gasteiger partial charge >= 0.3 is 0 Å². The summed E-state index contributed by atoms with van der Waals surface area (Å²) in [4.78, 5) is 29.3. The summed E-state index contributed by atoms with van der Waals surface area (Å²) in [7, 11) is 0. The SMILES string of the molecule is CC.CC(=O)CCCO.CCCN(CCC)C(=O)c1ccc(-c2ccc3c(C)nc(C)cc3c2)cc1. The maximum absolute atomic E-state index is 12.7. The van der Waals surface area contributed by atoms with Crippen molar-refractivity contribution in [1.29, 1.82) is 0 Å². The van der Waals surface area contributed by atoms with Crippen LogP contribution >= 0.6 is 0 Å². The van der Waals surface area contributed by atoms with E-state index in [4.69, 9.17) is 5.11 Å². The van der Waals surface area contributed by atoms with Crippen molar-refractivity contribution < 1.29 is 14.7 Å². The summed E-state index contributed by atoms with van der Waals surface area (Å²) in [5.74, 6) is 0.273. The number of pyridine rings is 1. The Labute approximate surface area is 217 Å². The van der Waals surface area contributed by atoms with Gasteiger partial charge in [0.25, 0.3) is 5.91 Å². The van der Waals surface area contributed by atoms with Gasteiger partial charge in [-0.15, -0.1) is 0 Å². The van der Waals surface area contributed by atoms with Crippen molar-refractivity contribution in [2.75, 3.05) is 19.7 Å². The van der Waals surface area contributed by atoms with Crippen LogP contribution in [0.4, 0.5) is 0 Å². The summed E-state index contributed by atoms with van der Waals surface area (Å²) in [6, 6.07) is 16.6. The van der Waals surface area contributed by atoms with E-state index < -0.39 is 0 Å². The lowest BCUT2D eigenvalue weighted by Gasteiger charge is -2.21. The normalized spacial score (nSPS) is 10.1. The monoisotopic (exact) mass is 492 g/mol. The van der Waals surface area contributed by atoms with Crippen LogP contribution in [-0.4, -0.2) is 46.4 Å². The second-order valence-electron chi connectivity index (χ2n) is 8.68. The molecule has 2 aromatic carbocycles. The highest BCUT2D eigenvalue weighted by Gasteiger charge is 2.14. The first-order chi connectivity index (χ1) is 17.3. The Morgan fingerprint density at radius 1 is 0.889 bits per heavy atom. The molecule has 1 amide bonds. The largest absolute Gasteiger partial charge is 0.396 e. The van der Waals surface area contributed by atoms with Gasteiger partial charge in [0, 0.05) is 48.5 Å². The van der Waals surface area contributed by atoms with Crippen molar-refractivity contribution in [3.8, 4) is 11.1 Å². The second kappa shape index (κ2) is 16.6. The number of Topliss-reactive ketones (excluding diaryl/α,β-unsaturated/α-hetero) is 1. The third kappa shape index (κ3) is 9.54. The molecule has 0 saturated heterocycles. The number of benzene rings is 2. The topological polar surface area (TPSA) is 70.5 Å². The van der Waals surface area contributed by atoms with Gasteiger partial charge in [-0.1, -0.05) is 52.0 Å². The Kier molecular flexibility index (Phi) is 14.3. The van der Waals surface area contributed by atoms with Gasteiger partial charge in [-0.25, -0.2) is 0 Å². The highest BCUT2D eigenvalue weighted by atomic mass is 16.3. The van der Waals surface area contributed by atoms with Gasteiger partial charge in [-0.2, -0.15) is 0 Å². The van der Waals surface area contributed by atoms with E-state index in [0.29, 0.717) is 12.8 Å². The Morgan fingerprint density at radius 2 is 1.47 bits per heavy atom. The van der Waals surface area contributed by atoms with Gasteiger partial charge in [-0.05, 0) is 80.8 Å². The first-order valence-electron chi connectivity index (χ1n) is 13.2. The van der Waals surface area contributed by atoms with E-state index in [1.54, 1.807) is 0 Å². The lowest BCUT2D eigenvalue weighted by molar-refractivity contribution is -0.117. The average molecular weight is 493 g/mol. The molecule has 0 aliphatic carbocycles. The van der Waals surface area contributed by atoms with Gasteiger partial charge in [0.1, 0.15) is 5.78 Å². The summed E-state index contributed by atoms with van der Waals surface area (Å²) in [5, 5.41) is 10.6. The van der Waals surface area contributed by atoms with E-state index in [1.807, 2.05) is 56.9 Å². The van der Waals surface area contributed by atoms with E-state index in [2.05, 4.69) is 43.1 Å². The van der Waals surface area contributed by atoms with Crippen molar-refractivity contribution in [2.45, 2.75) is 74.1 Å². The Bertz CT molecular complexity index is 1080. The van der Waals surface area contributed by atoms with Crippen molar-refractivity contribution in [1.82, 2.24) is 9.88 Å². The third-order valence-corrected chi connectivity index (χ3v) is 5.58. The van der Waals surface area contributed by atoms with Crippen LogP contribution in [0.1, 0.15) is 82.0 Å². The number of amides is 1. The number of aryl methyl sites for hydroxylation is 2. The van der Waals surface area contributed by atoms with E-state index in [1.165, 1.54) is 17.7 Å². The fourth-order valence-corrected chi connectivity index (χ4v) is 3.94. The van der Waals surface area contributed by atoms with E-state index in [0.717, 1.165) is 54.0 Å². The molecule has 196 valence electrons. The number of hydrogen-bond acceptors (Lipinski definition) is 4. The molecule has 0 spiro atoms. The maximum Gasteiger partial charge on any atom is 0.253 e. The van der Waals surface area contributed by atoms with Crippen molar-refractivity contribution in [3.63, 3.8) is 0 Å². The average Bonchev–Trinajstić information content (AvgIpc) is 2.88. The fraction of sp³-hybridized carbons (Fsp3) is 0.452. The molecular weight excluding hydrogens is 448 g/mol. The molecule has 0 atom stereocenters. The molecule has 36 heavy (non-hydrogen) atoms. The van der Waals surface area contributed by atoms with Gasteiger partial charge in [0.15, 0.2) is 0 Å². The molecule has 3 aromatic rings. The van der Waals surface area contributed by atoms with Crippen LogP contribution in [-0.2, 0) is 4.79 Å². The molecule has 5 heteroatoms. The van der Waals surface area contributed by atoms with Crippen LogP contribution in [0, 0.1) is 13.8 Å². The highest BCUT2D eigenvalue weighted by Crippen LogP contribution is 2.26. The van der Waals surface area contributed by atoms with Crippen LogP contribution in [0.15, 0.2) is 48.5 Å². The van der Waals surface area contributed by atoms with Crippen molar-refractivity contribution >= 4 is 22.5 Å². The summed E-state index contributed by atoms with van der Waals surface area (Å²) < 4.78 is 0. The zero-order chi connectivity index (χ0) is 27.1. The van der Waals surface area contributed by atoms with Crippen LogP contribution in [0.2, 0.25) is 0 Å². The molecule has 0 radical (unpaired) electrons. The number of nitrogens with zero attached hydrogens (tertiary/aromatic N) is 2. The molecular formula is C31H44N2O3. The number of aromatic nitrogens is 1. The van der Waals surface area contributed by atoms with Gasteiger partial charge in [0.05, 0.1) is 0 Å². The molecule has 0 aliphatic heterocycles. The van der Waals surface area contributed by atoms with E-state index in [-0.39, 0.29) is 18.3 Å². The predicted molar refractivity (Wildman–Crippen MR) is 151 cm³/mol. The first-order valence-corrected chi connectivity index (χ1v) is 13.2. The fourth-order valence-electron chi connectivity index (χ4n) is 3.94. The molecule has 0 aliphatic rings. The summed E-state index contributed by atoms with van der Waals surface area (Å²) in [6.45, 7) is 15.6. The van der Waals surface area contributed by atoms with Gasteiger partial charge in [-0.3, -0.25) is 9.78 Å². The summed E-state index contributed by atoms with van der Waals surface area (Å²) >= 11 is 0. The van der Waals surface area contributed by atoms with Gasteiger partial charge in [0.2, 0.25) is 0 Å². The standard InChI is InChI=1S/C24H28N2O.C5H10O2.C2H6/c1-5-13-26(14-6-2)24(27)20-9-7-19(8-10-20)21-11-12-23-18(4)25-17(3)15-22(23)16-21;1-5(7)3-2-4-6;1-2/h7-12,15-16H,5-6,13-14H2,1-4H3;6H,2-4H2,1H3;1-2H3. The zero-order valence-electron chi connectivity index (χ0n) is 23.2. The Hall–Kier alpha value is -3.05. The van der Waals surface area contributed by atoms with E-state index >= 15 is 0 Å². The molecule has 0 bridgehead atoms. The maximum atomic E-state index is 12.7. The van der Waals surface area contributed by atoms with E-state index in [9.17, 15) is 9.59 Å². The minimum absolute atomic E-state index is 0.125. The third-order valence-electron chi connectivity index (χ3n) is 5.58. The summed E-state index contributed by atoms with van der Waals surface area (Å²) in [5.41, 5.74) is 5.13. The Morgan fingerprint density at radius 3 is 1.97 bits per heavy atom. The number of carbonyl (C=O) groups is 2. The number of carbonyl (C=O) groups excluding carboxylic acids is 2. The van der Waals surface area contributed by atoms with Crippen LogP contribution < -0.4 is 0 Å². The molecule has 1 heterocycles. The van der Waals surface area contributed by atoms with Crippen molar-refractivity contribution in [3.05, 3.63) is 65.5 Å². The van der Waals surface area contributed by atoms with Crippen molar-refractivity contribution in [2.24, 2.45) is 0 Å². The number of rotatable bonds is 9. The number of ketones is 1. The predicted octanol–water partition coefficient (Wildman–Crippen LogP) is 7.15. The molecule has 3 rings (SSSR count). The molecule has 0 fully saturated rings. The highest BCUT2D eigenvalue weighted by molar-refractivity contribution is 5.95. The number of fused-ring (bicyclic) bond motifs is 1. The molecule has 1 aromatic heterocycles. The Balaban J connectivity index is 0.000000623. The zero-order valence-corrected chi connectivity index (χ0v) is 23.2. The van der Waals surface area contributed by atoms with Crippen LogP contribution in [0.3, 0.4) is 0 Å². The second-order valence-corrected chi connectivity index (χ2v) is 8.68. The van der Waals surface area contributed by atoms with Crippen LogP contribution in [0.25, 0.3) is 21.9 Å². The van der Waals surface area contributed by atoms with Crippen LogP contribution in [0.5, 0.6) is 0 Å². The van der Waals surface area contributed by atoms with Gasteiger partial charge < -0.3 is 14.8 Å². The smallest absolute Gasteiger partial charge is 0.253 e. The molecule has 5 nitrogen and oxygen atoms in total. The number of hydrogen-bond donors (Lipinski definition) is 1. The molecule has 1 N–H and O–H groups in total. The molecule has 0 unspecified atom stereocenters.